The molecule has 0 spiro atoms. The first-order chi connectivity index (χ1) is 6.86. The van der Waals surface area contributed by atoms with Crippen molar-refractivity contribution in [3.63, 3.8) is 0 Å². The van der Waals surface area contributed by atoms with Gasteiger partial charge in [-0.25, -0.2) is 4.98 Å². The lowest BCUT2D eigenvalue weighted by Gasteiger charge is -2.03. The number of imidazole rings is 1. The van der Waals surface area contributed by atoms with Gasteiger partial charge in [0.2, 0.25) is 0 Å². The van der Waals surface area contributed by atoms with Gasteiger partial charge < -0.3 is 4.98 Å². The van der Waals surface area contributed by atoms with E-state index in [1.54, 1.807) is 6.33 Å². The van der Waals surface area contributed by atoms with Crippen LogP contribution in [0.25, 0.3) is 11.0 Å². The van der Waals surface area contributed by atoms with Crippen molar-refractivity contribution in [1.29, 1.82) is 5.26 Å². The van der Waals surface area contributed by atoms with E-state index in [4.69, 9.17) is 16.9 Å². The Bertz CT molecular complexity index is 496. The molecule has 0 aliphatic rings. The molecule has 1 aromatic carbocycles. The third-order valence-electron chi connectivity index (χ3n) is 2.19. The molecule has 4 heteroatoms. The highest BCUT2D eigenvalue weighted by molar-refractivity contribution is 6.17. The number of nitrogens with one attached hydrogen (secondary N) is 1. The van der Waals surface area contributed by atoms with Gasteiger partial charge in [0.15, 0.2) is 0 Å². The van der Waals surface area contributed by atoms with E-state index < -0.39 is 0 Å². The Morgan fingerprint density at radius 1 is 1.50 bits per heavy atom. The summed E-state index contributed by atoms with van der Waals surface area (Å²) in [5, 5.41) is 8.71. The number of halogens is 1. The molecule has 0 unspecified atom stereocenters. The van der Waals surface area contributed by atoms with Gasteiger partial charge in [-0.1, -0.05) is 6.07 Å². The van der Waals surface area contributed by atoms with Crippen molar-refractivity contribution in [3.8, 4) is 6.07 Å². The van der Waals surface area contributed by atoms with Gasteiger partial charge in [-0.05, 0) is 17.2 Å². The molecule has 0 bridgehead atoms. The second-order valence-electron chi connectivity index (χ2n) is 2.97. The molecule has 0 aliphatic heterocycles. The molecule has 0 aliphatic carbocycles. The Morgan fingerprint density at radius 2 is 2.36 bits per heavy atom. The number of aromatic nitrogens is 2. The summed E-state index contributed by atoms with van der Waals surface area (Å²) < 4.78 is 0. The van der Waals surface area contributed by atoms with Gasteiger partial charge in [-0.3, -0.25) is 0 Å². The third kappa shape index (κ3) is 1.34. The molecule has 1 heterocycles. The smallest absolute Gasteiger partial charge is 0.0932 e. The van der Waals surface area contributed by atoms with Crippen molar-refractivity contribution in [2.24, 2.45) is 0 Å². The molecule has 0 radical (unpaired) electrons. The number of fused-ring (bicyclic) bond motifs is 1. The van der Waals surface area contributed by atoms with Crippen LogP contribution in [0.3, 0.4) is 0 Å². The number of H-pyrrole nitrogens is 1. The number of nitriles is 1. The fourth-order valence-electron chi connectivity index (χ4n) is 1.51. The average molecular weight is 206 g/mol. The third-order valence-corrected chi connectivity index (χ3v) is 2.48. The van der Waals surface area contributed by atoms with Crippen molar-refractivity contribution in [3.05, 3.63) is 29.6 Å². The molecule has 2 rings (SSSR count). The second kappa shape index (κ2) is 3.69. The van der Waals surface area contributed by atoms with Crippen LogP contribution in [0.15, 0.2) is 18.5 Å². The fourth-order valence-corrected chi connectivity index (χ4v) is 1.76. The number of hydrogen-bond donors (Lipinski definition) is 1. The number of benzene rings is 1. The lowest BCUT2D eigenvalue weighted by molar-refractivity contribution is 1.21. The SMILES string of the molecule is N#CCc1c(CCl)ccc2[nH]cnc12. The summed E-state index contributed by atoms with van der Waals surface area (Å²) in [4.78, 5) is 7.19. The van der Waals surface area contributed by atoms with E-state index in [1.165, 1.54) is 0 Å². The first-order valence-electron chi connectivity index (χ1n) is 4.23. The Balaban J connectivity index is 2.70. The fraction of sp³-hybridized carbons (Fsp3) is 0.200. The van der Waals surface area contributed by atoms with Crippen LogP contribution in [0.5, 0.6) is 0 Å². The zero-order valence-electron chi connectivity index (χ0n) is 7.42. The van der Waals surface area contributed by atoms with E-state index in [9.17, 15) is 0 Å². The summed E-state index contributed by atoms with van der Waals surface area (Å²) in [5.74, 6) is 0.416. The van der Waals surface area contributed by atoms with Crippen LogP contribution in [0.1, 0.15) is 11.1 Å². The molecule has 1 aromatic heterocycles. The standard InChI is InChI=1S/C10H8ClN3/c11-5-7-1-2-9-10(14-6-13-9)8(7)3-4-12/h1-2,6H,3,5H2,(H,13,14). The molecular weight excluding hydrogens is 198 g/mol. The van der Waals surface area contributed by atoms with Crippen molar-refractivity contribution in [2.45, 2.75) is 12.3 Å². The number of aromatic amines is 1. The Labute approximate surface area is 86.3 Å². The molecule has 0 atom stereocenters. The van der Waals surface area contributed by atoms with Crippen molar-refractivity contribution < 1.29 is 0 Å². The maximum absolute atomic E-state index is 8.71. The van der Waals surface area contributed by atoms with Crippen LogP contribution in [0.2, 0.25) is 0 Å². The largest absolute Gasteiger partial charge is 0.345 e. The topological polar surface area (TPSA) is 52.5 Å². The van der Waals surface area contributed by atoms with Crippen molar-refractivity contribution in [1.82, 2.24) is 9.97 Å². The molecule has 0 saturated carbocycles. The molecule has 0 saturated heterocycles. The van der Waals surface area contributed by atoms with E-state index in [-0.39, 0.29) is 0 Å². The molecule has 0 amide bonds. The number of rotatable bonds is 2. The van der Waals surface area contributed by atoms with Gasteiger partial charge in [-0.2, -0.15) is 5.26 Å². The monoisotopic (exact) mass is 205 g/mol. The molecule has 0 fully saturated rings. The molecule has 3 nitrogen and oxygen atoms in total. The van der Waals surface area contributed by atoms with E-state index in [0.29, 0.717) is 12.3 Å². The van der Waals surface area contributed by atoms with Gasteiger partial charge in [0.1, 0.15) is 0 Å². The van der Waals surface area contributed by atoms with E-state index in [0.717, 1.165) is 22.2 Å². The van der Waals surface area contributed by atoms with Crippen LogP contribution in [-0.4, -0.2) is 9.97 Å². The van der Waals surface area contributed by atoms with Gasteiger partial charge in [0.25, 0.3) is 0 Å². The van der Waals surface area contributed by atoms with Crippen LogP contribution < -0.4 is 0 Å². The highest BCUT2D eigenvalue weighted by Gasteiger charge is 2.08. The average Bonchev–Trinajstić information content (AvgIpc) is 2.67. The number of alkyl halides is 1. The van der Waals surface area contributed by atoms with Crippen LogP contribution in [-0.2, 0) is 12.3 Å². The van der Waals surface area contributed by atoms with Gasteiger partial charge in [-0.15, -0.1) is 11.6 Å². The molecular formula is C10H8ClN3. The summed E-state index contributed by atoms with van der Waals surface area (Å²) in [6.45, 7) is 0. The Hall–Kier alpha value is -1.53. The Morgan fingerprint density at radius 3 is 3.07 bits per heavy atom. The zero-order chi connectivity index (χ0) is 9.97. The number of hydrogen-bond acceptors (Lipinski definition) is 2. The van der Waals surface area contributed by atoms with Crippen LogP contribution in [0, 0.1) is 11.3 Å². The van der Waals surface area contributed by atoms with Crippen molar-refractivity contribution in [2.75, 3.05) is 0 Å². The summed E-state index contributed by atoms with van der Waals surface area (Å²) >= 11 is 5.79. The zero-order valence-corrected chi connectivity index (χ0v) is 8.17. The minimum Gasteiger partial charge on any atom is -0.345 e. The molecule has 70 valence electrons. The predicted octanol–water partition coefficient (Wildman–Crippen LogP) is 2.37. The summed E-state index contributed by atoms with van der Waals surface area (Å²) in [6.07, 6.45) is 1.98. The van der Waals surface area contributed by atoms with E-state index in [1.807, 2.05) is 12.1 Å². The first-order valence-corrected chi connectivity index (χ1v) is 4.77. The lowest BCUT2D eigenvalue weighted by atomic mass is 10.0. The molecule has 2 aromatic rings. The van der Waals surface area contributed by atoms with Crippen LogP contribution in [0.4, 0.5) is 0 Å². The van der Waals surface area contributed by atoms with E-state index in [2.05, 4.69) is 16.0 Å². The summed E-state index contributed by atoms with van der Waals surface area (Å²) in [7, 11) is 0. The summed E-state index contributed by atoms with van der Waals surface area (Å²) in [6, 6.07) is 5.99. The quantitative estimate of drug-likeness (QED) is 0.766. The molecule has 14 heavy (non-hydrogen) atoms. The maximum atomic E-state index is 8.71. The number of nitrogens with zero attached hydrogens (tertiary/aromatic N) is 2. The second-order valence-corrected chi connectivity index (χ2v) is 3.24. The minimum atomic E-state index is 0.351. The molecule has 1 N–H and O–H groups in total. The predicted molar refractivity (Wildman–Crippen MR) is 55.0 cm³/mol. The van der Waals surface area contributed by atoms with Gasteiger partial charge in [0, 0.05) is 5.88 Å². The van der Waals surface area contributed by atoms with Crippen LogP contribution >= 0.6 is 11.6 Å². The van der Waals surface area contributed by atoms with E-state index >= 15 is 0 Å². The highest BCUT2D eigenvalue weighted by Crippen LogP contribution is 2.21. The minimum absolute atomic E-state index is 0.351. The maximum Gasteiger partial charge on any atom is 0.0932 e. The summed E-state index contributed by atoms with van der Waals surface area (Å²) in [5.41, 5.74) is 3.71. The Kier molecular flexibility index (Phi) is 2.38. The van der Waals surface area contributed by atoms with Gasteiger partial charge in [0.05, 0.1) is 29.9 Å². The lowest BCUT2D eigenvalue weighted by Crippen LogP contribution is -1.92. The van der Waals surface area contributed by atoms with Gasteiger partial charge >= 0.3 is 0 Å². The normalized spacial score (nSPS) is 10.3. The highest BCUT2D eigenvalue weighted by atomic mass is 35.5. The first kappa shape index (κ1) is 9.04. The van der Waals surface area contributed by atoms with Crippen molar-refractivity contribution >= 4 is 22.6 Å².